The van der Waals surface area contributed by atoms with Crippen molar-refractivity contribution >= 4 is 34.4 Å². The molecule has 4 aromatic rings. The van der Waals surface area contributed by atoms with Crippen molar-refractivity contribution in [2.75, 3.05) is 5.32 Å². The van der Waals surface area contributed by atoms with Gasteiger partial charge in [-0.3, -0.25) is 9.59 Å². The maximum atomic E-state index is 14.7. The van der Waals surface area contributed by atoms with Gasteiger partial charge in [-0.1, -0.05) is 78.9 Å². The molecule has 0 heterocycles. The Morgan fingerprint density at radius 1 is 0.841 bits per heavy atom. The van der Waals surface area contributed by atoms with E-state index in [9.17, 15) is 14.4 Å². The van der Waals surface area contributed by atoms with Gasteiger partial charge in [0.05, 0.1) is 0 Å². The van der Waals surface area contributed by atoms with Crippen molar-refractivity contribution in [1.29, 1.82) is 0 Å². The Labute approximate surface area is 259 Å². The zero-order valence-corrected chi connectivity index (χ0v) is 26.1. The Morgan fingerprint density at radius 2 is 1.48 bits per heavy atom. The number of aryl methyl sites for hydroxylation is 2. The lowest BCUT2D eigenvalue weighted by Crippen LogP contribution is -2.54. The van der Waals surface area contributed by atoms with Gasteiger partial charge in [-0.2, -0.15) is 0 Å². The number of fused-ring (bicyclic) bond motifs is 1. The summed E-state index contributed by atoms with van der Waals surface area (Å²) < 4.78 is 5.56. The van der Waals surface area contributed by atoms with Gasteiger partial charge in [0.25, 0.3) is 5.91 Å². The fourth-order valence-electron chi connectivity index (χ4n) is 5.68. The van der Waals surface area contributed by atoms with Crippen molar-refractivity contribution in [3.63, 3.8) is 0 Å². The molecule has 44 heavy (non-hydrogen) atoms. The summed E-state index contributed by atoms with van der Waals surface area (Å²) in [6.07, 6.45) is 1.14. The van der Waals surface area contributed by atoms with E-state index < -0.39 is 23.8 Å². The molecule has 2 atom stereocenters. The Bertz CT molecular complexity index is 1640. The summed E-state index contributed by atoms with van der Waals surface area (Å²) in [6, 6.07) is 27.3. The molecule has 5 rings (SSSR count). The number of hydrogen-bond acceptors (Lipinski definition) is 4. The van der Waals surface area contributed by atoms with Crippen LogP contribution >= 0.6 is 0 Å². The summed E-state index contributed by atoms with van der Waals surface area (Å²) in [7, 11) is 0. The van der Waals surface area contributed by atoms with Gasteiger partial charge >= 0.3 is 6.09 Å². The molecule has 4 aromatic carbocycles. The van der Waals surface area contributed by atoms with Gasteiger partial charge in [0.2, 0.25) is 5.91 Å². The van der Waals surface area contributed by atoms with Crippen molar-refractivity contribution in [3.8, 4) is 0 Å². The molecule has 2 N–H and O–H groups in total. The molecular weight excluding hydrogens is 550 g/mol. The summed E-state index contributed by atoms with van der Waals surface area (Å²) in [6.45, 7) is 9.28. The molecule has 0 saturated heterocycles. The first-order chi connectivity index (χ1) is 21.0. The van der Waals surface area contributed by atoms with Gasteiger partial charge in [-0.25, -0.2) is 4.79 Å². The lowest BCUT2D eigenvalue weighted by Gasteiger charge is -2.36. The second-order valence-electron chi connectivity index (χ2n) is 12.6. The van der Waals surface area contributed by atoms with Crippen LogP contribution in [0.1, 0.15) is 61.9 Å². The van der Waals surface area contributed by atoms with Crippen LogP contribution in [0.2, 0.25) is 0 Å². The minimum absolute atomic E-state index is 0.132. The number of rotatable bonds is 9. The maximum Gasteiger partial charge on any atom is 0.408 e. The van der Waals surface area contributed by atoms with Crippen LogP contribution in [0, 0.1) is 13.8 Å². The fourth-order valence-corrected chi connectivity index (χ4v) is 5.68. The summed E-state index contributed by atoms with van der Waals surface area (Å²) in [4.78, 5) is 43.8. The highest BCUT2D eigenvalue weighted by Gasteiger charge is 2.45. The van der Waals surface area contributed by atoms with E-state index in [1.807, 2.05) is 105 Å². The normalized spacial score (nSPS) is 14.4. The van der Waals surface area contributed by atoms with Gasteiger partial charge in [0.15, 0.2) is 0 Å². The first-order valence-corrected chi connectivity index (χ1v) is 15.2. The van der Waals surface area contributed by atoms with Crippen LogP contribution in [0.5, 0.6) is 0 Å². The van der Waals surface area contributed by atoms with Crippen molar-refractivity contribution in [2.24, 2.45) is 0 Å². The van der Waals surface area contributed by atoms with E-state index in [0.717, 1.165) is 45.9 Å². The predicted octanol–water partition coefficient (Wildman–Crippen LogP) is 7.26. The van der Waals surface area contributed by atoms with E-state index in [0.29, 0.717) is 5.69 Å². The van der Waals surface area contributed by atoms with Gasteiger partial charge in [-0.15, -0.1) is 0 Å². The molecule has 1 aliphatic rings. The molecule has 1 aliphatic carbocycles. The number of alkyl carbamates (subject to hydrolysis) is 1. The standard InChI is InChI=1S/C37H41N3O4/c1-24-12-11-13-25(2)32(24)33(34(41)38-29-19-18-27-16-9-10-17-28(27)23-29)40(30-20-21-30)35(42)31(22-26-14-7-6-8-15-26)39-36(43)44-37(3,4)5/h6-19,23,30-31,33H,20-22H2,1-5H3,(H,38,41)(H,39,43). The molecule has 0 aromatic heterocycles. The van der Waals surface area contributed by atoms with Gasteiger partial charge in [0, 0.05) is 18.2 Å². The number of ether oxygens (including phenoxy) is 1. The number of benzene rings is 4. The molecule has 0 spiro atoms. The van der Waals surface area contributed by atoms with E-state index in [2.05, 4.69) is 10.6 Å². The largest absolute Gasteiger partial charge is 0.444 e. The minimum Gasteiger partial charge on any atom is -0.444 e. The van der Waals surface area contributed by atoms with Crippen molar-refractivity contribution in [2.45, 2.75) is 77.6 Å². The van der Waals surface area contributed by atoms with Gasteiger partial charge in [-0.05, 0) is 92.6 Å². The third-order valence-corrected chi connectivity index (χ3v) is 7.83. The summed E-state index contributed by atoms with van der Waals surface area (Å²) >= 11 is 0. The van der Waals surface area contributed by atoms with Gasteiger partial charge in [0.1, 0.15) is 17.7 Å². The topological polar surface area (TPSA) is 87.7 Å². The van der Waals surface area contributed by atoms with Gasteiger partial charge < -0.3 is 20.3 Å². The Kier molecular flexibility index (Phi) is 9.04. The average Bonchev–Trinajstić information content (AvgIpc) is 3.81. The maximum absolute atomic E-state index is 14.7. The molecule has 0 bridgehead atoms. The average molecular weight is 592 g/mol. The predicted molar refractivity (Wildman–Crippen MR) is 174 cm³/mol. The molecule has 3 amide bonds. The molecule has 1 fully saturated rings. The van der Waals surface area contributed by atoms with Crippen LogP contribution in [0.15, 0.2) is 91.0 Å². The van der Waals surface area contributed by atoms with Crippen LogP contribution in [-0.2, 0) is 20.7 Å². The number of carbonyl (C=O) groups excluding carboxylic acids is 3. The van der Waals surface area contributed by atoms with Crippen LogP contribution in [-0.4, -0.2) is 40.5 Å². The molecule has 7 nitrogen and oxygen atoms in total. The van der Waals surface area contributed by atoms with E-state index >= 15 is 0 Å². The van der Waals surface area contributed by atoms with E-state index in [1.54, 1.807) is 25.7 Å². The Hall–Kier alpha value is -4.65. The van der Waals surface area contributed by atoms with Crippen molar-refractivity contribution < 1.29 is 19.1 Å². The van der Waals surface area contributed by atoms with Crippen molar-refractivity contribution in [3.05, 3.63) is 113 Å². The Morgan fingerprint density at radius 3 is 2.11 bits per heavy atom. The first kappa shape index (κ1) is 30.8. The summed E-state index contributed by atoms with van der Waals surface area (Å²) in [5.74, 6) is -0.614. The zero-order valence-electron chi connectivity index (χ0n) is 26.1. The number of amides is 3. The lowest BCUT2D eigenvalue weighted by molar-refractivity contribution is -0.141. The highest BCUT2D eigenvalue weighted by atomic mass is 16.6. The van der Waals surface area contributed by atoms with Crippen LogP contribution in [0.4, 0.5) is 10.5 Å². The number of hydrogen-bond donors (Lipinski definition) is 2. The summed E-state index contributed by atoms with van der Waals surface area (Å²) in [5.41, 5.74) is 3.44. The minimum atomic E-state index is -0.937. The molecule has 2 unspecified atom stereocenters. The smallest absolute Gasteiger partial charge is 0.408 e. The molecule has 0 radical (unpaired) electrons. The monoisotopic (exact) mass is 591 g/mol. The number of nitrogens with zero attached hydrogens (tertiary/aromatic N) is 1. The van der Waals surface area contributed by atoms with Crippen LogP contribution < -0.4 is 10.6 Å². The van der Waals surface area contributed by atoms with Crippen molar-refractivity contribution in [1.82, 2.24) is 10.2 Å². The van der Waals surface area contributed by atoms with E-state index in [4.69, 9.17) is 4.74 Å². The fraction of sp³-hybridized carbons (Fsp3) is 0.324. The zero-order chi connectivity index (χ0) is 31.4. The summed E-state index contributed by atoms with van der Waals surface area (Å²) in [5, 5.41) is 8.05. The second kappa shape index (κ2) is 12.9. The second-order valence-corrected chi connectivity index (χ2v) is 12.6. The van der Waals surface area contributed by atoms with E-state index in [1.165, 1.54) is 0 Å². The molecule has 0 aliphatic heterocycles. The molecular formula is C37H41N3O4. The third kappa shape index (κ3) is 7.46. The Balaban J connectivity index is 1.54. The molecule has 1 saturated carbocycles. The number of nitrogens with one attached hydrogen (secondary N) is 2. The number of carbonyl (C=O) groups is 3. The molecule has 7 heteroatoms. The van der Waals surface area contributed by atoms with Crippen LogP contribution in [0.25, 0.3) is 10.8 Å². The molecule has 228 valence electrons. The third-order valence-electron chi connectivity index (χ3n) is 7.83. The first-order valence-electron chi connectivity index (χ1n) is 15.2. The lowest BCUT2D eigenvalue weighted by atomic mass is 9.93. The SMILES string of the molecule is Cc1cccc(C)c1C(C(=O)Nc1ccc2ccccc2c1)N(C(=O)C(Cc1ccccc1)NC(=O)OC(C)(C)C)C1CC1. The highest BCUT2D eigenvalue weighted by molar-refractivity contribution is 6.01. The number of anilines is 1. The van der Waals surface area contributed by atoms with Crippen LogP contribution in [0.3, 0.4) is 0 Å². The quantitative estimate of drug-likeness (QED) is 0.214. The highest BCUT2D eigenvalue weighted by Crippen LogP contribution is 2.38. The van der Waals surface area contributed by atoms with E-state index in [-0.39, 0.29) is 24.3 Å².